The fourth-order valence-corrected chi connectivity index (χ4v) is 3.83. The third-order valence-corrected chi connectivity index (χ3v) is 5.28. The molecule has 1 aromatic heterocycles. The van der Waals surface area contributed by atoms with Crippen LogP contribution in [0, 0.1) is 0 Å². The molecule has 0 spiro atoms. The van der Waals surface area contributed by atoms with Crippen molar-refractivity contribution in [3.63, 3.8) is 0 Å². The van der Waals surface area contributed by atoms with E-state index in [4.69, 9.17) is 9.15 Å². The fraction of sp³-hybridized carbons (Fsp3) is 0.250. The van der Waals surface area contributed by atoms with Crippen LogP contribution in [0.25, 0.3) is 11.5 Å². The highest BCUT2D eigenvalue weighted by Gasteiger charge is 2.23. The number of para-hydroxylation sites is 2. The Morgan fingerprint density at radius 2 is 2.00 bits per heavy atom. The lowest BCUT2D eigenvalue weighted by molar-refractivity contribution is -0.116. The summed E-state index contributed by atoms with van der Waals surface area (Å²) in [7, 11) is 1.60. The highest BCUT2D eigenvalue weighted by molar-refractivity contribution is 7.99. The van der Waals surface area contributed by atoms with Crippen LogP contribution in [0.5, 0.6) is 5.75 Å². The summed E-state index contributed by atoms with van der Waals surface area (Å²) < 4.78 is 11.0. The van der Waals surface area contributed by atoms with Crippen molar-refractivity contribution in [2.45, 2.75) is 18.1 Å². The molecule has 0 radical (unpaired) electrons. The summed E-state index contributed by atoms with van der Waals surface area (Å²) in [6, 6.07) is 15.5. The molecule has 7 heteroatoms. The van der Waals surface area contributed by atoms with E-state index in [0.29, 0.717) is 16.9 Å². The smallest absolute Gasteiger partial charge is 0.277 e. The van der Waals surface area contributed by atoms with E-state index in [-0.39, 0.29) is 11.7 Å². The molecule has 0 aliphatic carbocycles. The van der Waals surface area contributed by atoms with Crippen LogP contribution in [-0.2, 0) is 11.2 Å². The van der Waals surface area contributed by atoms with Crippen molar-refractivity contribution in [3.05, 3.63) is 54.1 Å². The summed E-state index contributed by atoms with van der Waals surface area (Å²) in [5.74, 6) is 1.34. The molecule has 1 amide bonds. The van der Waals surface area contributed by atoms with Crippen LogP contribution in [0.1, 0.15) is 12.0 Å². The second-order valence-corrected chi connectivity index (χ2v) is 7.07. The minimum absolute atomic E-state index is 0.0455. The number of benzene rings is 2. The summed E-state index contributed by atoms with van der Waals surface area (Å²) in [5.41, 5.74) is 2.96. The monoisotopic (exact) mass is 381 g/mol. The van der Waals surface area contributed by atoms with Gasteiger partial charge in [-0.15, -0.1) is 10.2 Å². The second kappa shape index (κ2) is 7.84. The van der Waals surface area contributed by atoms with Gasteiger partial charge < -0.3 is 14.1 Å². The zero-order chi connectivity index (χ0) is 18.6. The number of carbonyl (C=O) groups is 1. The van der Waals surface area contributed by atoms with Crippen LogP contribution < -0.4 is 9.64 Å². The molecule has 27 heavy (non-hydrogen) atoms. The van der Waals surface area contributed by atoms with Gasteiger partial charge in [0.25, 0.3) is 11.1 Å². The lowest BCUT2D eigenvalue weighted by Gasteiger charge is -2.29. The number of thioether (sulfide) groups is 1. The van der Waals surface area contributed by atoms with Crippen LogP contribution in [0.3, 0.4) is 0 Å². The van der Waals surface area contributed by atoms with Crippen molar-refractivity contribution in [2.75, 3.05) is 24.3 Å². The first-order chi connectivity index (χ1) is 13.3. The van der Waals surface area contributed by atoms with Gasteiger partial charge in [-0.25, -0.2) is 0 Å². The van der Waals surface area contributed by atoms with Crippen LogP contribution in [0.4, 0.5) is 5.69 Å². The van der Waals surface area contributed by atoms with E-state index in [0.717, 1.165) is 30.6 Å². The van der Waals surface area contributed by atoms with Gasteiger partial charge in [-0.1, -0.05) is 42.1 Å². The van der Waals surface area contributed by atoms with Gasteiger partial charge in [-0.05, 0) is 36.6 Å². The molecule has 3 aromatic rings. The first-order valence-corrected chi connectivity index (χ1v) is 9.73. The zero-order valence-electron chi connectivity index (χ0n) is 14.9. The van der Waals surface area contributed by atoms with Gasteiger partial charge in [0.1, 0.15) is 5.75 Å². The van der Waals surface area contributed by atoms with E-state index >= 15 is 0 Å². The molecule has 0 N–H and O–H groups in total. The van der Waals surface area contributed by atoms with Crippen molar-refractivity contribution in [1.29, 1.82) is 0 Å². The number of hydrogen-bond acceptors (Lipinski definition) is 6. The minimum Gasteiger partial charge on any atom is -0.496 e. The number of amides is 1. The number of rotatable bonds is 5. The summed E-state index contributed by atoms with van der Waals surface area (Å²) >= 11 is 1.25. The Morgan fingerprint density at radius 3 is 2.89 bits per heavy atom. The van der Waals surface area contributed by atoms with Crippen molar-refractivity contribution < 1.29 is 13.9 Å². The predicted molar refractivity (Wildman–Crippen MR) is 104 cm³/mol. The standard InChI is InChI=1S/C20H19N3O3S/c1-25-17-11-5-3-9-15(17)19-21-22-20(26-19)27-13-18(24)23-12-6-8-14-7-2-4-10-16(14)23/h2-5,7,9-11H,6,8,12-13H2,1H3. The number of aryl methyl sites for hydroxylation is 1. The molecular weight excluding hydrogens is 362 g/mol. The molecule has 0 atom stereocenters. The topological polar surface area (TPSA) is 68.5 Å². The number of nitrogens with zero attached hydrogens (tertiary/aromatic N) is 3. The first-order valence-electron chi connectivity index (χ1n) is 8.74. The van der Waals surface area contributed by atoms with Gasteiger partial charge >= 0.3 is 0 Å². The van der Waals surface area contributed by atoms with Gasteiger partial charge in [0.2, 0.25) is 5.91 Å². The van der Waals surface area contributed by atoms with E-state index in [1.165, 1.54) is 17.3 Å². The molecule has 6 nitrogen and oxygen atoms in total. The molecule has 4 rings (SSSR count). The van der Waals surface area contributed by atoms with E-state index in [1.807, 2.05) is 47.4 Å². The van der Waals surface area contributed by atoms with Crippen molar-refractivity contribution in [2.24, 2.45) is 0 Å². The number of anilines is 1. The maximum absolute atomic E-state index is 12.7. The average molecular weight is 381 g/mol. The Balaban J connectivity index is 1.44. The average Bonchev–Trinajstić information content (AvgIpc) is 3.20. The van der Waals surface area contributed by atoms with Gasteiger partial charge in [0.15, 0.2) is 0 Å². The Morgan fingerprint density at radius 1 is 1.19 bits per heavy atom. The molecule has 0 saturated carbocycles. The molecule has 138 valence electrons. The zero-order valence-corrected chi connectivity index (χ0v) is 15.7. The van der Waals surface area contributed by atoms with Crippen LogP contribution in [-0.4, -0.2) is 35.5 Å². The SMILES string of the molecule is COc1ccccc1-c1nnc(SCC(=O)N2CCCc3ccccc32)o1. The summed E-state index contributed by atoms with van der Waals surface area (Å²) in [4.78, 5) is 14.6. The fourth-order valence-electron chi connectivity index (χ4n) is 3.19. The molecule has 0 bridgehead atoms. The minimum atomic E-state index is 0.0455. The van der Waals surface area contributed by atoms with Gasteiger partial charge in [0, 0.05) is 12.2 Å². The lowest BCUT2D eigenvalue weighted by atomic mass is 10.0. The summed E-state index contributed by atoms with van der Waals surface area (Å²) in [6.45, 7) is 0.743. The van der Waals surface area contributed by atoms with Crippen LogP contribution >= 0.6 is 11.8 Å². The lowest BCUT2D eigenvalue weighted by Crippen LogP contribution is -2.36. The first kappa shape index (κ1) is 17.6. The third kappa shape index (κ3) is 3.68. The van der Waals surface area contributed by atoms with E-state index in [2.05, 4.69) is 16.3 Å². The molecule has 0 unspecified atom stereocenters. The number of aromatic nitrogens is 2. The van der Waals surface area contributed by atoms with Crippen LogP contribution in [0.15, 0.2) is 58.2 Å². The highest BCUT2D eigenvalue weighted by Crippen LogP contribution is 2.31. The van der Waals surface area contributed by atoms with Gasteiger partial charge in [-0.2, -0.15) is 0 Å². The molecule has 0 fully saturated rings. The van der Waals surface area contributed by atoms with Crippen molar-refractivity contribution in [3.8, 4) is 17.2 Å². The Kier molecular flexibility index (Phi) is 5.11. The highest BCUT2D eigenvalue weighted by atomic mass is 32.2. The maximum Gasteiger partial charge on any atom is 0.277 e. The number of methoxy groups -OCH3 is 1. The van der Waals surface area contributed by atoms with Crippen molar-refractivity contribution in [1.82, 2.24) is 10.2 Å². The van der Waals surface area contributed by atoms with Gasteiger partial charge in [-0.3, -0.25) is 4.79 Å². The van der Waals surface area contributed by atoms with Crippen LogP contribution in [0.2, 0.25) is 0 Å². The van der Waals surface area contributed by atoms with E-state index in [9.17, 15) is 4.79 Å². The molecule has 2 heterocycles. The van der Waals surface area contributed by atoms with Gasteiger partial charge in [0.05, 0.1) is 18.4 Å². The van der Waals surface area contributed by atoms with E-state index < -0.39 is 0 Å². The number of fused-ring (bicyclic) bond motifs is 1. The molecule has 0 saturated heterocycles. The second-order valence-electron chi connectivity index (χ2n) is 6.14. The Bertz CT molecular complexity index is 957. The Labute approximate surface area is 161 Å². The summed E-state index contributed by atoms with van der Waals surface area (Å²) in [5, 5.41) is 8.50. The van der Waals surface area contributed by atoms with E-state index in [1.54, 1.807) is 7.11 Å². The number of hydrogen-bond donors (Lipinski definition) is 0. The summed E-state index contributed by atoms with van der Waals surface area (Å²) in [6.07, 6.45) is 1.99. The maximum atomic E-state index is 12.7. The molecular formula is C20H19N3O3S. The third-order valence-electron chi connectivity index (χ3n) is 4.47. The number of ether oxygens (including phenoxy) is 1. The quantitative estimate of drug-likeness (QED) is 0.626. The largest absolute Gasteiger partial charge is 0.496 e. The predicted octanol–water partition coefficient (Wildman–Crippen LogP) is 3.82. The molecule has 1 aliphatic rings. The molecule has 1 aliphatic heterocycles. The van der Waals surface area contributed by atoms with Crippen molar-refractivity contribution >= 4 is 23.4 Å². The Hall–Kier alpha value is -2.80. The molecule has 2 aromatic carbocycles. The normalized spacial score (nSPS) is 13.3. The number of carbonyl (C=O) groups excluding carboxylic acids is 1.